The first-order valence-electron chi connectivity index (χ1n) is 19.8. The summed E-state index contributed by atoms with van der Waals surface area (Å²) in [5, 5.41) is 11.0. The minimum absolute atomic E-state index is 0.0734. The van der Waals surface area contributed by atoms with Crippen LogP contribution in [0.5, 0.6) is 5.75 Å². The van der Waals surface area contributed by atoms with Gasteiger partial charge < -0.3 is 14.4 Å². The molecule has 2 saturated heterocycles. The third-order valence-corrected chi connectivity index (χ3v) is 17.9. The van der Waals surface area contributed by atoms with Gasteiger partial charge in [0.25, 0.3) is 0 Å². The molecule has 2 heterocycles. The number of rotatable bonds is 11. The third-order valence-electron chi connectivity index (χ3n) is 12.1. The van der Waals surface area contributed by atoms with Crippen molar-refractivity contribution in [3.05, 3.63) is 167 Å². The summed E-state index contributed by atoms with van der Waals surface area (Å²) >= 11 is 0. The van der Waals surface area contributed by atoms with E-state index in [-0.39, 0.29) is 29.2 Å². The summed E-state index contributed by atoms with van der Waals surface area (Å²) in [4.78, 5) is 33.4. The van der Waals surface area contributed by atoms with Gasteiger partial charge in [-0.15, -0.1) is 0 Å². The second kappa shape index (κ2) is 15.1. The number of ether oxygens (including phenoxy) is 2. The van der Waals surface area contributed by atoms with E-state index >= 15 is 4.79 Å². The Labute approximate surface area is 338 Å². The molecule has 5 aromatic carbocycles. The maximum atomic E-state index is 15.3. The van der Waals surface area contributed by atoms with Crippen LogP contribution in [0.1, 0.15) is 85.3 Å². The van der Waals surface area contributed by atoms with Crippen LogP contribution < -0.4 is 9.64 Å². The van der Waals surface area contributed by atoms with Gasteiger partial charge in [-0.3, -0.25) is 9.69 Å². The van der Waals surface area contributed by atoms with Gasteiger partial charge in [-0.05, 0) is 60.2 Å². The van der Waals surface area contributed by atoms with Crippen LogP contribution in [0.3, 0.4) is 0 Å². The number of anilines is 1. The van der Waals surface area contributed by atoms with Crippen LogP contribution in [0, 0.1) is 11.3 Å². The quantitative estimate of drug-likeness (QED) is 0.0575. The molecule has 2 aliphatic rings. The molecule has 5 aromatic rings. The zero-order chi connectivity index (χ0) is 40.8. The highest BCUT2D eigenvalue weighted by Crippen LogP contribution is 2.56. The molecule has 2 unspecified atom stereocenters. The minimum Gasteiger partial charge on any atom is -0.488 e. The first-order valence-corrected chi connectivity index (χ1v) is 22.9. The zero-order valence-electron chi connectivity index (χ0n) is 34.3. The molecule has 8 heteroatoms. The molecule has 2 aliphatic heterocycles. The summed E-state index contributed by atoms with van der Waals surface area (Å²) in [6.45, 7) is 17.1. The van der Waals surface area contributed by atoms with E-state index in [9.17, 15) is 10.1 Å². The second-order valence-electron chi connectivity index (χ2n) is 17.9. The molecule has 0 radical (unpaired) electrons. The fourth-order valence-electron chi connectivity index (χ4n) is 8.30. The number of hydrogen-bond donors (Lipinski definition) is 0. The number of carbonyl (C=O) groups is 2. The van der Waals surface area contributed by atoms with Gasteiger partial charge in [0.2, 0.25) is 5.91 Å². The molecule has 7 rings (SSSR count). The van der Waals surface area contributed by atoms with Crippen LogP contribution in [-0.4, -0.2) is 49.1 Å². The Kier molecular flexibility index (Phi) is 10.5. The molecule has 0 spiro atoms. The van der Waals surface area contributed by atoms with Crippen molar-refractivity contribution in [2.24, 2.45) is 0 Å². The van der Waals surface area contributed by atoms with Crippen molar-refractivity contribution in [2.75, 3.05) is 11.4 Å². The number of benzene rings is 5. The van der Waals surface area contributed by atoms with Gasteiger partial charge in [-0.2, -0.15) is 5.26 Å². The summed E-state index contributed by atoms with van der Waals surface area (Å²) < 4.78 is 12.6. The summed E-state index contributed by atoms with van der Waals surface area (Å²) in [7, 11) is -2.49. The van der Waals surface area contributed by atoms with Crippen LogP contribution in [-0.2, 0) is 21.7 Å². The predicted octanol–water partition coefficient (Wildman–Crippen LogP) is 10.3. The Morgan fingerprint density at radius 1 is 0.789 bits per heavy atom. The largest absolute Gasteiger partial charge is 0.488 e. The lowest BCUT2D eigenvalue weighted by molar-refractivity contribution is -0.118. The zero-order valence-corrected chi connectivity index (χ0v) is 35.3. The fraction of sp³-hybridized carbons (Fsp3) is 0.327. The Morgan fingerprint density at radius 3 is 1.70 bits per heavy atom. The monoisotopic (exact) mass is 775 g/mol. The van der Waals surface area contributed by atoms with E-state index in [1.165, 1.54) is 0 Å². The Bertz CT molecular complexity index is 2180. The summed E-state index contributed by atoms with van der Waals surface area (Å²) in [6, 6.07) is 46.7. The van der Waals surface area contributed by atoms with Crippen LogP contribution >= 0.6 is 0 Å². The first kappa shape index (κ1) is 39.7. The number of carbonyl (C=O) groups excluding carboxylic acids is 2. The van der Waals surface area contributed by atoms with Crippen LogP contribution in [0.15, 0.2) is 133 Å². The Balaban J connectivity index is 1.40. The van der Waals surface area contributed by atoms with Crippen LogP contribution in [0.4, 0.5) is 5.69 Å². The first-order chi connectivity index (χ1) is 27.1. The maximum absolute atomic E-state index is 15.3. The molecule has 7 nitrogen and oxygen atoms in total. The van der Waals surface area contributed by atoms with Crippen molar-refractivity contribution in [1.82, 2.24) is 4.90 Å². The smallest absolute Gasteiger partial charge is 0.338 e. The third kappa shape index (κ3) is 7.31. The van der Waals surface area contributed by atoms with E-state index in [0.29, 0.717) is 23.5 Å². The van der Waals surface area contributed by atoms with Gasteiger partial charge in [-0.1, -0.05) is 155 Å². The van der Waals surface area contributed by atoms with E-state index in [2.05, 4.69) is 118 Å². The van der Waals surface area contributed by atoms with Gasteiger partial charge >= 0.3 is 5.97 Å². The lowest BCUT2D eigenvalue weighted by Crippen LogP contribution is -2.47. The van der Waals surface area contributed by atoms with E-state index in [1.54, 1.807) is 12.1 Å². The van der Waals surface area contributed by atoms with E-state index < -0.39 is 36.8 Å². The molecular formula is C49H53N3O4Si. The minimum atomic E-state index is -2.49. The van der Waals surface area contributed by atoms with Crippen molar-refractivity contribution in [3.8, 4) is 11.8 Å². The topological polar surface area (TPSA) is 82.6 Å². The number of hydrogen-bond acceptors (Lipinski definition) is 6. The Hall–Kier alpha value is -5.49. The molecule has 1 amide bonds. The second-order valence-corrected chi connectivity index (χ2v) is 23.4. The molecule has 292 valence electrons. The molecule has 0 aromatic heterocycles. The van der Waals surface area contributed by atoms with Crippen LogP contribution in [0.2, 0.25) is 18.1 Å². The van der Waals surface area contributed by atoms with Crippen molar-refractivity contribution in [2.45, 2.75) is 95.0 Å². The lowest BCUT2D eigenvalue weighted by atomic mass is 9.76. The van der Waals surface area contributed by atoms with Crippen molar-refractivity contribution in [1.29, 1.82) is 5.26 Å². The highest BCUT2D eigenvalue weighted by Gasteiger charge is 2.68. The fourth-order valence-corrected chi connectivity index (χ4v) is 10.5. The number of fused-ring (bicyclic) bond motifs is 1. The van der Waals surface area contributed by atoms with E-state index in [4.69, 9.17) is 9.47 Å². The molecule has 4 atom stereocenters. The van der Waals surface area contributed by atoms with Crippen molar-refractivity contribution < 1.29 is 19.1 Å². The van der Waals surface area contributed by atoms with Gasteiger partial charge in [0.05, 0.1) is 42.5 Å². The summed E-state index contributed by atoms with van der Waals surface area (Å²) in [5.74, 6) is -0.169. The molecule has 0 bridgehead atoms. The number of amides is 1. The van der Waals surface area contributed by atoms with Crippen molar-refractivity contribution >= 4 is 25.6 Å². The molecule has 2 fully saturated rings. The predicted molar refractivity (Wildman–Crippen MR) is 229 cm³/mol. The number of nitrogens with zero attached hydrogens (tertiary/aromatic N) is 3. The average molecular weight is 776 g/mol. The van der Waals surface area contributed by atoms with Crippen LogP contribution in [0.25, 0.3) is 0 Å². The summed E-state index contributed by atoms with van der Waals surface area (Å²) in [6.07, 6.45) is 0. The number of esters is 1. The molecular weight excluding hydrogens is 723 g/mol. The summed E-state index contributed by atoms with van der Waals surface area (Å²) in [5.41, 5.74) is 3.57. The number of piperazine rings is 1. The normalized spacial score (nSPS) is 18.7. The SMILES string of the molecule is CC(C)(C)OC(=O)c1cc(OCc2ccccc2)c(C(C#N)[Si](C)(C)C(C)(C)C)c(N2C[C@H]3[C@@H](C2=O)N3C(c2ccccc2)(c2ccccc2)c2ccccc2)c1. The standard InChI is InChI=1S/C49H53N3O4Si/c1-47(2,3)56-46(54)35-29-39(43(42(31-50)57(7,8)48(4,5)6)41(30-35)55-33-34-21-13-9-14-22-34)51-32-40-44(45(51)53)52(40)49(36-23-15-10-16-24-36,37-25-17-11-18-26-37)38-27-19-12-20-28-38/h9-30,40,42,44H,32-33H2,1-8H3/t40-,42?,44-,52?/m0/s1. The molecule has 0 aliphatic carbocycles. The van der Waals surface area contributed by atoms with Gasteiger partial charge in [0, 0.05) is 12.1 Å². The van der Waals surface area contributed by atoms with Gasteiger partial charge in [0.15, 0.2) is 0 Å². The average Bonchev–Trinajstić information content (AvgIpc) is 3.80. The van der Waals surface area contributed by atoms with E-state index in [1.807, 2.05) is 74.2 Å². The molecule has 0 saturated carbocycles. The highest BCUT2D eigenvalue weighted by atomic mass is 28.3. The highest BCUT2D eigenvalue weighted by molar-refractivity contribution is 6.82. The maximum Gasteiger partial charge on any atom is 0.338 e. The Morgan fingerprint density at radius 2 is 1.28 bits per heavy atom. The van der Waals surface area contributed by atoms with E-state index in [0.717, 1.165) is 22.3 Å². The molecule has 0 N–H and O–H groups in total. The van der Waals surface area contributed by atoms with Crippen molar-refractivity contribution in [3.63, 3.8) is 0 Å². The van der Waals surface area contributed by atoms with Gasteiger partial charge in [0.1, 0.15) is 24.0 Å². The number of nitriles is 1. The lowest BCUT2D eigenvalue weighted by Gasteiger charge is -2.42. The molecule has 57 heavy (non-hydrogen) atoms. The van der Waals surface area contributed by atoms with Gasteiger partial charge in [-0.25, -0.2) is 4.79 Å².